The molecule has 3 rings (SSSR count). The molecule has 0 bridgehead atoms. The van der Waals surface area contributed by atoms with Crippen molar-refractivity contribution in [2.75, 3.05) is 5.73 Å². The zero-order valence-corrected chi connectivity index (χ0v) is 12.1. The van der Waals surface area contributed by atoms with E-state index in [0.717, 1.165) is 11.4 Å². The SMILES string of the molecule is Cc1ccc(SCc2ccc3c(c2)CCC3)c(N)c1. The van der Waals surface area contributed by atoms with E-state index in [-0.39, 0.29) is 0 Å². The van der Waals surface area contributed by atoms with Crippen molar-refractivity contribution in [1.29, 1.82) is 0 Å². The molecule has 1 aliphatic rings. The molecule has 0 atom stereocenters. The maximum absolute atomic E-state index is 6.05. The van der Waals surface area contributed by atoms with Crippen LogP contribution in [0.2, 0.25) is 0 Å². The topological polar surface area (TPSA) is 26.0 Å². The van der Waals surface area contributed by atoms with Crippen molar-refractivity contribution in [3.05, 3.63) is 58.7 Å². The smallest absolute Gasteiger partial charge is 0.0454 e. The number of fused-ring (bicyclic) bond motifs is 1. The second-order valence-corrected chi connectivity index (χ2v) is 6.30. The van der Waals surface area contributed by atoms with Crippen molar-refractivity contribution in [3.8, 4) is 0 Å². The summed E-state index contributed by atoms with van der Waals surface area (Å²) in [6.07, 6.45) is 3.82. The van der Waals surface area contributed by atoms with Crippen molar-refractivity contribution in [1.82, 2.24) is 0 Å². The number of nitrogens with two attached hydrogens (primary N) is 1. The first-order valence-electron chi connectivity index (χ1n) is 6.82. The standard InChI is InChI=1S/C17H19NS/c1-12-5-8-17(16(18)9-12)19-11-13-6-7-14-3-2-4-15(14)10-13/h5-10H,2-4,11,18H2,1H3. The predicted molar refractivity (Wildman–Crippen MR) is 83.6 cm³/mol. The summed E-state index contributed by atoms with van der Waals surface area (Å²) in [5.74, 6) is 1.00. The highest BCUT2D eigenvalue weighted by Crippen LogP contribution is 2.30. The Bertz CT molecular complexity index is 604. The van der Waals surface area contributed by atoms with E-state index in [1.165, 1.54) is 35.3 Å². The number of rotatable bonds is 3. The van der Waals surface area contributed by atoms with Gasteiger partial charge >= 0.3 is 0 Å². The summed E-state index contributed by atoms with van der Waals surface area (Å²) in [6, 6.07) is 13.2. The van der Waals surface area contributed by atoms with Gasteiger partial charge in [0, 0.05) is 16.3 Å². The lowest BCUT2D eigenvalue weighted by atomic mass is 10.1. The van der Waals surface area contributed by atoms with Crippen LogP contribution in [0.5, 0.6) is 0 Å². The van der Waals surface area contributed by atoms with E-state index in [2.05, 4.69) is 37.3 Å². The highest BCUT2D eigenvalue weighted by Gasteiger charge is 2.11. The van der Waals surface area contributed by atoms with Crippen molar-refractivity contribution in [2.45, 2.75) is 36.8 Å². The van der Waals surface area contributed by atoms with Gasteiger partial charge in [0.1, 0.15) is 0 Å². The summed E-state index contributed by atoms with van der Waals surface area (Å²) in [6.45, 7) is 2.07. The average molecular weight is 269 g/mol. The fraction of sp³-hybridized carbons (Fsp3) is 0.294. The first-order valence-corrected chi connectivity index (χ1v) is 7.80. The summed E-state index contributed by atoms with van der Waals surface area (Å²) < 4.78 is 0. The normalized spacial score (nSPS) is 13.5. The van der Waals surface area contributed by atoms with E-state index in [1.54, 1.807) is 11.1 Å². The van der Waals surface area contributed by atoms with Gasteiger partial charge in [-0.25, -0.2) is 0 Å². The quantitative estimate of drug-likeness (QED) is 0.662. The third-order valence-electron chi connectivity index (χ3n) is 3.72. The molecule has 0 fully saturated rings. The molecule has 0 saturated heterocycles. The van der Waals surface area contributed by atoms with Crippen LogP contribution in [0.1, 0.15) is 28.7 Å². The summed E-state index contributed by atoms with van der Waals surface area (Å²) >= 11 is 1.83. The summed E-state index contributed by atoms with van der Waals surface area (Å²) in [5, 5.41) is 0. The zero-order valence-electron chi connectivity index (χ0n) is 11.3. The summed E-state index contributed by atoms with van der Waals surface area (Å²) in [7, 11) is 0. The highest BCUT2D eigenvalue weighted by atomic mass is 32.2. The van der Waals surface area contributed by atoms with Gasteiger partial charge in [-0.1, -0.05) is 24.3 Å². The first-order chi connectivity index (χ1) is 9.22. The van der Waals surface area contributed by atoms with E-state index < -0.39 is 0 Å². The van der Waals surface area contributed by atoms with Crippen molar-refractivity contribution in [3.63, 3.8) is 0 Å². The van der Waals surface area contributed by atoms with Gasteiger partial charge in [-0.2, -0.15) is 0 Å². The van der Waals surface area contributed by atoms with Gasteiger partial charge in [0.15, 0.2) is 0 Å². The van der Waals surface area contributed by atoms with Crippen LogP contribution >= 0.6 is 11.8 Å². The first kappa shape index (κ1) is 12.6. The molecule has 0 heterocycles. The number of thioether (sulfide) groups is 1. The Morgan fingerprint density at radius 2 is 1.89 bits per heavy atom. The zero-order chi connectivity index (χ0) is 13.2. The molecule has 0 aromatic heterocycles. The Morgan fingerprint density at radius 3 is 2.74 bits per heavy atom. The van der Waals surface area contributed by atoms with Gasteiger partial charge < -0.3 is 5.73 Å². The van der Waals surface area contributed by atoms with Crippen LogP contribution in [0.15, 0.2) is 41.3 Å². The van der Waals surface area contributed by atoms with Crippen LogP contribution in [-0.4, -0.2) is 0 Å². The van der Waals surface area contributed by atoms with Gasteiger partial charge in [0.2, 0.25) is 0 Å². The van der Waals surface area contributed by atoms with Crippen molar-refractivity contribution >= 4 is 17.4 Å². The third kappa shape index (κ3) is 2.79. The molecule has 0 unspecified atom stereocenters. The van der Waals surface area contributed by atoms with Crippen LogP contribution in [0.3, 0.4) is 0 Å². The maximum atomic E-state index is 6.05. The molecule has 2 aromatic rings. The highest BCUT2D eigenvalue weighted by molar-refractivity contribution is 7.98. The second-order valence-electron chi connectivity index (χ2n) is 5.29. The molecule has 0 spiro atoms. The largest absolute Gasteiger partial charge is 0.398 e. The summed E-state index contributed by atoms with van der Waals surface area (Å²) in [4.78, 5) is 1.19. The number of anilines is 1. The lowest BCUT2D eigenvalue weighted by molar-refractivity contribution is 0.911. The van der Waals surface area contributed by atoms with Crippen LogP contribution in [0.25, 0.3) is 0 Å². The Hall–Kier alpha value is -1.41. The maximum Gasteiger partial charge on any atom is 0.0454 e. The lowest BCUT2D eigenvalue weighted by Crippen LogP contribution is -1.91. The Kier molecular flexibility index (Phi) is 3.52. The van der Waals surface area contributed by atoms with E-state index in [9.17, 15) is 0 Å². The van der Waals surface area contributed by atoms with Crippen LogP contribution in [-0.2, 0) is 18.6 Å². The van der Waals surface area contributed by atoms with Gasteiger partial charge in [0.05, 0.1) is 0 Å². The number of hydrogen-bond donors (Lipinski definition) is 1. The molecule has 1 aliphatic carbocycles. The lowest BCUT2D eigenvalue weighted by Gasteiger charge is -2.08. The van der Waals surface area contributed by atoms with Crippen LogP contribution in [0, 0.1) is 6.92 Å². The summed E-state index contributed by atoms with van der Waals surface area (Å²) in [5.41, 5.74) is 12.7. The number of nitrogen functional groups attached to an aromatic ring is 1. The van der Waals surface area contributed by atoms with Crippen molar-refractivity contribution in [2.24, 2.45) is 0 Å². The van der Waals surface area contributed by atoms with E-state index in [4.69, 9.17) is 5.73 Å². The molecule has 2 N–H and O–H groups in total. The number of aryl methyl sites for hydroxylation is 3. The fourth-order valence-electron chi connectivity index (χ4n) is 2.68. The van der Waals surface area contributed by atoms with Gasteiger partial charge in [-0.3, -0.25) is 0 Å². The molecule has 0 saturated carbocycles. The van der Waals surface area contributed by atoms with E-state index in [1.807, 2.05) is 17.8 Å². The van der Waals surface area contributed by atoms with E-state index >= 15 is 0 Å². The monoisotopic (exact) mass is 269 g/mol. The molecule has 2 heteroatoms. The molecule has 1 nitrogen and oxygen atoms in total. The number of benzene rings is 2. The Labute approximate surface area is 119 Å². The van der Waals surface area contributed by atoms with Gasteiger partial charge in [-0.05, 0) is 60.6 Å². The van der Waals surface area contributed by atoms with Crippen LogP contribution in [0.4, 0.5) is 5.69 Å². The minimum Gasteiger partial charge on any atom is -0.398 e. The molecular weight excluding hydrogens is 250 g/mol. The van der Waals surface area contributed by atoms with Gasteiger partial charge in [-0.15, -0.1) is 11.8 Å². The minimum absolute atomic E-state index is 0.895. The molecule has 0 radical (unpaired) electrons. The Balaban J connectivity index is 1.72. The number of hydrogen-bond acceptors (Lipinski definition) is 2. The predicted octanol–water partition coefficient (Wildman–Crippen LogP) is 4.36. The second kappa shape index (κ2) is 5.30. The molecule has 98 valence electrons. The molecule has 0 aliphatic heterocycles. The third-order valence-corrected chi connectivity index (χ3v) is 4.88. The van der Waals surface area contributed by atoms with Crippen LogP contribution < -0.4 is 5.73 Å². The molecule has 0 amide bonds. The average Bonchev–Trinajstić information content (AvgIpc) is 2.85. The van der Waals surface area contributed by atoms with Crippen molar-refractivity contribution < 1.29 is 0 Å². The minimum atomic E-state index is 0.895. The molecule has 2 aromatic carbocycles. The molecule has 19 heavy (non-hydrogen) atoms. The fourth-order valence-corrected chi connectivity index (χ4v) is 3.57. The van der Waals surface area contributed by atoms with E-state index in [0.29, 0.717) is 0 Å². The Morgan fingerprint density at radius 1 is 1.05 bits per heavy atom. The molecular formula is C17H19NS. The van der Waals surface area contributed by atoms with Gasteiger partial charge in [0.25, 0.3) is 0 Å².